The Morgan fingerprint density at radius 1 is 1.44 bits per heavy atom. The van der Waals surface area contributed by atoms with Crippen molar-refractivity contribution in [3.63, 3.8) is 0 Å². The molecular formula is C13H16FNO. The number of carbonyl (C=O) groups is 1. The molecule has 0 saturated carbocycles. The van der Waals surface area contributed by atoms with Gasteiger partial charge in [0.05, 0.1) is 6.04 Å². The molecule has 16 heavy (non-hydrogen) atoms. The molecule has 0 bridgehead atoms. The summed E-state index contributed by atoms with van der Waals surface area (Å²) in [6, 6.07) is 6.03. The Hall–Kier alpha value is -1.64. The molecule has 0 aliphatic heterocycles. The second kappa shape index (κ2) is 5.45. The topological polar surface area (TPSA) is 29.1 Å². The van der Waals surface area contributed by atoms with E-state index in [0.717, 1.165) is 11.1 Å². The Morgan fingerprint density at radius 3 is 2.69 bits per heavy atom. The minimum atomic E-state index is -0.291. The van der Waals surface area contributed by atoms with Crippen molar-refractivity contribution in [2.45, 2.75) is 26.8 Å². The van der Waals surface area contributed by atoms with Crippen LogP contribution >= 0.6 is 0 Å². The van der Waals surface area contributed by atoms with Crippen molar-refractivity contribution in [3.8, 4) is 0 Å². The first-order valence-corrected chi connectivity index (χ1v) is 5.20. The quantitative estimate of drug-likeness (QED) is 0.781. The largest absolute Gasteiger partial charge is 0.346 e. The van der Waals surface area contributed by atoms with Gasteiger partial charge in [-0.05, 0) is 38.5 Å². The van der Waals surface area contributed by atoms with E-state index in [9.17, 15) is 9.18 Å². The Kier molecular flexibility index (Phi) is 4.23. The van der Waals surface area contributed by atoms with Crippen LogP contribution < -0.4 is 5.32 Å². The Morgan fingerprint density at radius 2 is 2.12 bits per heavy atom. The van der Waals surface area contributed by atoms with Gasteiger partial charge in [-0.1, -0.05) is 17.7 Å². The van der Waals surface area contributed by atoms with Crippen molar-refractivity contribution in [3.05, 3.63) is 47.3 Å². The average molecular weight is 221 g/mol. The van der Waals surface area contributed by atoms with Gasteiger partial charge < -0.3 is 5.32 Å². The number of amides is 1. The minimum Gasteiger partial charge on any atom is -0.346 e. The number of allylic oxidation sites excluding steroid dienone is 1. The molecule has 1 rings (SSSR count). The summed E-state index contributed by atoms with van der Waals surface area (Å²) < 4.78 is 13.0. The van der Waals surface area contributed by atoms with E-state index >= 15 is 0 Å². The van der Waals surface area contributed by atoms with Gasteiger partial charge in [-0.15, -0.1) is 0 Å². The average Bonchev–Trinajstić information content (AvgIpc) is 2.16. The second-order valence-corrected chi connectivity index (χ2v) is 4.01. The van der Waals surface area contributed by atoms with E-state index in [-0.39, 0.29) is 17.8 Å². The number of hydrogen-bond acceptors (Lipinski definition) is 1. The normalized spacial score (nSPS) is 11.8. The predicted molar refractivity (Wildman–Crippen MR) is 62.4 cm³/mol. The molecule has 1 aromatic carbocycles. The summed E-state index contributed by atoms with van der Waals surface area (Å²) in [6.07, 6.45) is 1.52. The maximum atomic E-state index is 13.0. The highest BCUT2D eigenvalue weighted by atomic mass is 19.1. The molecule has 0 radical (unpaired) electrons. The van der Waals surface area contributed by atoms with Crippen LogP contribution in [0.2, 0.25) is 0 Å². The molecule has 1 N–H and O–H groups in total. The summed E-state index contributed by atoms with van der Waals surface area (Å²) in [5.41, 5.74) is 1.69. The van der Waals surface area contributed by atoms with Gasteiger partial charge in [-0.3, -0.25) is 4.79 Å². The van der Waals surface area contributed by atoms with Crippen LogP contribution in [0.15, 0.2) is 35.9 Å². The summed E-state index contributed by atoms with van der Waals surface area (Å²) in [6.45, 7) is 5.53. The van der Waals surface area contributed by atoms with E-state index < -0.39 is 0 Å². The number of rotatable bonds is 3. The molecule has 1 atom stereocenters. The standard InChI is InChI=1S/C13H16FNO/c1-9(2)7-13(16)15-10(3)11-5-4-6-12(14)8-11/h4-8,10H,1-3H3,(H,15,16)/t10-/m0/s1. The van der Waals surface area contributed by atoms with Gasteiger partial charge in [0, 0.05) is 6.08 Å². The van der Waals surface area contributed by atoms with Crippen molar-refractivity contribution in [1.82, 2.24) is 5.32 Å². The molecule has 0 fully saturated rings. The number of carbonyl (C=O) groups excluding carboxylic acids is 1. The summed E-state index contributed by atoms with van der Waals surface area (Å²) in [5, 5.41) is 2.77. The third-order valence-electron chi connectivity index (χ3n) is 2.13. The monoisotopic (exact) mass is 221 g/mol. The molecule has 0 aliphatic carbocycles. The lowest BCUT2D eigenvalue weighted by molar-refractivity contribution is -0.117. The van der Waals surface area contributed by atoms with Gasteiger partial charge in [0.1, 0.15) is 5.82 Å². The fraction of sp³-hybridized carbons (Fsp3) is 0.308. The first-order valence-electron chi connectivity index (χ1n) is 5.20. The van der Waals surface area contributed by atoms with E-state index in [1.54, 1.807) is 12.1 Å². The van der Waals surface area contributed by atoms with E-state index in [1.165, 1.54) is 18.2 Å². The van der Waals surface area contributed by atoms with Crippen molar-refractivity contribution in [1.29, 1.82) is 0 Å². The number of nitrogens with one attached hydrogen (secondary N) is 1. The number of hydrogen-bond donors (Lipinski definition) is 1. The van der Waals surface area contributed by atoms with Crippen LogP contribution in [0.4, 0.5) is 4.39 Å². The van der Waals surface area contributed by atoms with E-state index in [1.807, 2.05) is 20.8 Å². The zero-order valence-corrected chi connectivity index (χ0v) is 9.75. The highest BCUT2D eigenvalue weighted by Gasteiger charge is 2.07. The summed E-state index contributed by atoms with van der Waals surface area (Å²) in [4.78, 5) is 11.4. The molecule has 0 saturated heterocycles. The van der Waals surface area contributed by atoms with E-state index in [0.29, 0.717) is 0 Å². The third-order valence-corrected chi connectivity index (χ3v) is 2.13. The van der Waals surface area contributed by atoms with Crippen LogP contribution in [-0.4, -0.2) is 5.91 Å². The Bertz CT molecular complexity index is 408. The Labute approximate surface area is 95.2 Å². The van der Waals surface area contributed by atoms with Gasteiger partial charge in [-0.25, -0.2) is 4.39 Å². The van der Waals surface area contributed by atoms with Crippen molar-refractivity contribution in [2.24, 2.45) is 0 Å². The summed E-state index contributed by atoms with van der Waals surface area (Å²) in [7, 11) is 0. The molecule has 3 heteroatoms. The molecule has 1 amide bonds. The van der Waals surface area contributed by atoms with Crippen LogP contribution in [0.25, 0.3) is 0 Å². The maximum Gasteiger partial charge on any atom is 0.244 e. The lowest BCUT2D eigenvalue weighted by Crippen LogP contribution is -2.24. The van der Waals surface area contributed by atoms with Crippen LogP contribution in [0.3, 0.4) is 0 Å². The summed E-state index contributed by atoms with van der Waals surface area (Å²) in [5.74, 6) is -0.447. The van der Waals surface area contributed by atoms with Crippen LogP contribution in [0.5, 0.6) is 0 Å². The zero-order valence-electron chi connectivity index (χ0n) is 9.75. The van der Waals surface area contributed by atoms with Gasteiger partial charge in [0.15, 0.2) is 0 Å². The van der Waals surface area contributed by atoms with E-state index in [4.69, 9.17) is 0 Å². The molecule has 0 unspecified atom stereocenters. The van der Waals surface area contributed by atoms with Crippen molar-refractivity contribution < 1.29 is 9.18 Å². The number of halogens is 1. The molecular weight excluding hydrogens is 205 g/mol. The van der Waals surface area contributed by atoms with Gasteiger partial charge >= 0.3 is 0 Å². The van der Waals surface area contributed by atoms with Gasteiger partial charge in [0.2, 0.25) is 5.91 Å². The van der Waals surface area contributed by atoms with Crippen molar-refractivity contribution >= 4 is 5.91 Å². The van der Waals surface area contributed by atoms with Gasteiger partial charge in [0.25, 0.3) is 0 Å². The molecule has 0 heterocycles. The lowest BCUT2D eigenvalue weighted by atomic mass is 10.1. The second-order valence-electron chi connectivity index (χ2n) is 4.01. The smallest absolute Gasteiger partial charge is 0.244 e. The van der Waals surface area contributed by atoms with Crippen LogP contribution in [-0.2, 0) is 4.79 Å². The molecule has 2 nitrogen and oxygen atoms in total. The molecule has 1 aromatic rings. The van der Waals surface area contributed by atoms with E-state index in [2.05, 4.69) is 5.32 Å². The fourth-order valence-electron chi connectivity index (χ4n) is 1.38. The highest BCUT2D eigenvalue weighted by molar-refractivity contribution is 5.88. The predicted octanol–water partition coefficient (Wildman–Crippen LogP) is 2.97. The SMILES string of the molecule is CC(C)=CC(=O)N[C@@H](C)c1cccc(F)c1. The zero-order chi connectivity index (χ0) is 12.1. The van der Waals surface area contributed by atoms with Crippen LogP contribution in [0, 0.1) is 5.82 Å². The lowest BCUT2D eigenvalue weighted by Gasteiger charge is -2.13. The minimum absolute atomic E-state index is 0.156. The summed E-state index contributed by atoms with van der Waals surface area (Å²) >= 11 is 0. The fourth-order valence-corrected chi connectivity index (χ4v) is 1.38. The number of benzene rings is 1. The third kappa shape index (κ3) is 3.85. The Balaban J connectivity index is 2.69. The first kappa shape index (κ1) is 12.4. The maximum absolute atomic E-state index is 13.0. The highest BCUT2D eigenvalue weighted by Crippen LogP contribution is 2.13. The molecule has 86 valence electrons. The van der Waals surface area contributed by atoms with Gasteiger partial charge in [-0.2, -0.15) is 0 Å². The molecule has 0 aromatic heterocycles. The van der Waals surface area contributed by atoms with Crippen LogP contribution in [0.1, 0.15) is 32.4 Å². The molecule has 0 spiro atoms. The first-order chi connectivity index (χ1) is 7.49. The molecule has 0 aliphatic rings. The van der Waals surface area contributed by atoms with Crippen molar-refractivity contribution in [2.75, 3.05) is 0 Å².